The Balaban J connectivity index is 2.21. The minimum Gasteiger partial charge on any atom is -0.313 e. The van der Waals surface area contributed by atoms with Crippen molar-refractivity contribution in [3.63, 3.8) is 0 Å². The van der Waals surface area contributed by atoms with Crippen LogP contribution >= 0.6 is 0 Å². The van der Waals surface area contributed by atoms with Crippen molar-refractivity contribution in [2.24, 2.45) is 5.41 Å². The second kappa shape index (κ2) is 1.57. The van der Waals surface area contributed by atoms with Crippen LogP contribution in [0.15, 0.2) is 0 Å². The summed E-state index contributed by atoms with van der Waals surface area (Å²) in [5.41, 5.74) is 0.0602. The number of carbonyl (C=O) groups is 1. The number of piperidine rings is 1. The standard InChI is InChI=1S/C7H11NO/c9-5-7-2-1-6(3-7)8-4-7/h5-6,8H,1-4H2. The predicted octanol–water partition coefficient (Wildman–Crippen LogP) is 0.327. The van der Waals surface area contributed by atoms with E-state index in [1.54, 1.807) is 0 Å². The molecule has 2 nitrogen and oxygen atoms in total. The molecule has 2 unspecified atom stereocenters. The Morgan fingerprint density at radius 2 is 2.56 bits per heavy atom. The van der Waals surface area contributed by atoms with E-state index >= 15 is 0 Å². The topological polar surface area (TPSA) is 29.1 Å². The van der Waals surface area contributed by atoms with Gasteiger partial charge in [0, 0.05) is 18.0 Å². The zero-order valence-electron chi connectivity index (χ0n) is 5.39. The van der Waals surface area contributed by atoms with Gasteiger partial charge in [0.05, 0.1) is 0 Å². The van der Waals surface area contributed by atoms with Crippen LogP contribution < -0.4 is 5.32 Å². The molecule has 0 radical (unpaired) electrons. The van der Waals surface area contributed by atoms with Gasteiger partial charge in [-0.25, -0.2) is 0 Å². The Kier molecular flexibility index (Phi) is 0.943. The van der Waals surface area contributed by atoms with Gasteiger partial charge in [0.1, 0.15) is 6.29 Å². The summed E-state index contributed by atoms with van der Waals surface area (Å²) in [7, 11) is 0. The molecule has 2 atom stereocenters. The fourth-order valence-corrected chi connectivity index (χ4v) is 1.99. The molecule has 0 aromatic carbocycles. The van der Waals surface area contributed by atoms with Crippen molar-refractivity contribution in [3.8, 4) is 0 Å². The molecule has 0 aromatic rings. The van der Waals surface area contributed by atoms with Gasteiger partial charge in [0.25, 0.3) is 0 Å². The molecule has 0 aromatic heterocycles. The van der Waals surface area contributed by atoms with Crippen molar-refractivity contribution in [3.05, 3.63) is 0 Å². The summed E-state index contributed by atoms with van der Waals surface area (Å²) >= 11 is 0. The first kappa shape index (κ1) is 5.42. The van der Waals surface area contributed by atoms with Crippen LogP contribution in [0, 0.1) is 5.41 Å². The average Bonchev–Trinajstić information content (AvgIpc) is 2.46. The Bertz CT molecular complexity index is 136. The number of hydrogen-bond donors (Lipinski definition) is 1. The largest absolute Gasteiger partial charge is 0.313 e. The normalized spacial score (nSPS) is 47.8. The van der Waals surface area contributed by atoms with Crippen molar-refractivity contribution >= 4 is 6.29 Å². The van der Waals surface area contributed by atoms with E-state index in [1.807, 2.05) is 0 Å². The minimum atomic E-state index is 0.0602. The summed E-state index contributed by atoms with van der Waals surface area (Å²) in [6.45, 7) is 0.932. The zero-order valence-corrected chi connectivity index (χ0v) is 5.39. The summed E-state index contributed by atoms with van der Waals surface area (Å²) < 4.78 is 0. The maximum Gasteiger partial charge on any atom is 0.127 e. The molecule has 1 saturated carbocycles. The number of carbonyl (C=O) groups excluding carboxylic acids is 1. The summed E-state index contributed by atoms with van der Waals surface area (Å²) in [6, 6.07) is 0.662. The van der Waals surface area contributed by atoms with Crippen LogP contribution in [0.3, 0.4) is 0 Å². The van der Waals surface area contributed by atoms with Gasteiger partial charge < -0.3 is 10.1 Å². The van der Waals surface area contributed by atoms with Crippen LogP contribution in [0.5, 0.6) is 0 Å². The third-order valence-corrected chi connectivity index (χ3v) is 2.64. The average molecular weight is 125 g/mol. The van der Waals surface area contributed by atoms with Crippen molar-refractivity contribution in [2.45, 2.75) is 25.3 Å². The van der Waals surface area contributed by atoms with Crippen molar-refractivity contribution < 1.29 is 4.79 Å². The summed E-state index contributed by atoms with van der Waals surface area (Å²) in [6.07, 6.45) is 4.57. The molecule has 1 heterocycles. The smallest absolute Gasteiger partial charge is 0.127 e. The fraction of sp³-hybridized carbons (Fsp3) is 0.857. The molecule has 2 bridgehead atoms. The number of aldehydes is 1. The Morgan fingerprint density at radius 3 is 2.78 bits per heavy atom. The number of fused-ring (bicyclic) bond motifs is 2. The molecule has 1 aliphatic heterocycles. The summed E-state index contributed by atoms with van der Waals surface area (Å²) in [5.74, 6) is 0. The molecule has 2 heteroatoms. The highest BCUT2D eigenvalue weighted by Crippen LogP contribution is 2.40. The van der Waals surface area contributed by atoms with Gasteiger partial charge in [-0.3, -0.25) is 0 Å². The predicted molar refractivity (Wildman–Crippen MR) is 34.1 cm³/mol. The maximum atomic E-state index is 10.5. The first-order valence-electron chi connectivity index (χ1n) is 3.54. The van der Waals surface area contributed by atoms with Gasteiger partial charge in [-0.1, -0.05) is 0 Å². The molecule has 2 rings (SSSR count). The lowest BCUT2D eigenvalue weighted by Gasteiger charge is -2.17. The van der Waals surface area contributed by atoms with E-state index in [2.05, 4.69) is 5.32 Å². The van der Waals surface area contributed by atoms with E-state index in [0.717, 1.165) is 25.7 Å². The monoisotopic (exact) mass is 125 g/mol. The SMILES string of the molecule is O=CC12CCC(C1)NC2. The van der Waals surface area contributed by atoms with Gasteiger partial charge in [-0.05, 0) is 19.3 Å². The van der Waals surface area contributed by atoms with Crippen LogP contribution in [0.4, 0.5) is 0 Å². The Labute approximate surface area is 54.6 Å². The van der Waals surface area contributed by atoms with Crippen LogP contribution in [0.25, 0.3) is 0 Å². The van der Waals surface area contributed by atoms with Crippen LogP contribution in [-0.2, 0) is 4.79 Å². The van der Waals surface area contributed by atoms with E-state index in [9.17, 15) is 4.79 Å². The molecular formula is C7H11NO. The maximum absolute atomic E-state index is 10.5. The Morgan fingerprint density at radius 1 is 1.67 bits per heavy atom. The van der Waals surface area contributed by atoms with Gasteiger partial charge in [0.2, 0.25) is 0 Å². The van der Waals surface area contributed by atoms with E-state index in [1.165, 1.54) is 6.42 Å². The summed E-state index contributed by atoms with van der Waals surface area (Å²) in [4.78, 5) is 10.5. The summed E-state index contributed by atoms with van der Waals surface area (Å²) in [5, 5.41) is 3.32. The van der Waals surface area contributed by atoms with Crippen molar-refractivity contribution in [1.82, 2.24) is 5.32 Å². The highest BCUT2D eigenvalue weighted by Gasteiger charge is 2.44. The third-order valence-electron chi connectivity index (χ3n) is 2.64. The van der Waals surface area contributed by atoms with Gasteiger partial charge in [-0.2, -0.15) is 0 Å². The lowest BCUT2D eigenvalue weighted by atomic mass is 9.90. The number of nitrogens with one attached hydrogen (secondary N) is 1. The van der Waals surface area contributed by atoms with Crippen LogP contribution in [0.2, 0.25) is 0 Å². The highest BCUT2D eigenvalue weighted by atomic mass is 16.1. The van der Waals surface area contributed by atoms with Crippen LogP contribution in [-0.4, -0.2) is 18.9 Å². The highest BCUT2D eigenvalue weighted by molar-refractivity contribution is 5.61. The van der Waals surface area contributed by atoms with E-state index in [-0.39, 0.29) is 5.41 Å². The molecule has 1 aliphatic carbocycles. The second-order valence-electron chi connectivity index (χ2n) is 3.30. The molecule has 0 amide bonds. The third kappa shape index (κ3) is 0.628. The van der Waals surface area contributed by atoms with E-state index in [0.29, 0.717) is 6.04 Å². The molecule has 0 spiro atoms. The number of hydrogen-bond acceptors (Lipinski definition) is 2. The van der Waals surface area contributed by atoms with Gasteiger partial charge in [-0.15, -0.1) is 0 Å². The minimum absolute atomic E-state index is 0.0602. The lowest BCUT2D eigenvalue weighted by molar-refractivity contribution is -0.115. The molecule has 2 fully saturated rings. The quantitative estimate of drug-likeness (QED) is 0.511. The molecule has 9 heavy (non-hydrogen) atoms. The fourth-order valence-electron chi connectivity index (χ4n) is 1.99. The van der Waals surface area contributed by atoms with E-state index < -0.39 is 0 Å². The number of rotatable bonds is 1. The molecular weight excluding hydrogens is 114 g/mol. The first-order valence-corrected chi connectivity index (χ1v) is 3.54. The van der Waals surface area contributed by atoms with Crippen LogP contribution in [0.1, 0.15) is 19.3 Å². The molecule has 1 saturated heterocycles. The zero-order chi connectivity index (χ0) is 6.32. The molecule has 1 N–H and O–H groups in total. The van der Waals surface area contributed by atoms with E-state index in [4.69, 9.17) is 0 Å². The Hall–Kier alpha value is -0.370. The molecule has 50 valence electrons. The van der Waals surface area contributed by atoms with Gasteiger partial charge in [0.15, 0.2) is 0 Å². The van der Waals surface area contributed by atoms with Crippen molar-refractivity contribution in [2.75, 3.05) is 6.54 Å². The molecule has 2 aliphatic rings. The second-order valence-corrected chi connectivity index (χ2v) is 3.30. The van der Waals surface area contributed by atoms with Gasteiger partial charge >= 0.3 is 0 Å². The first-order chi connectivity index (χ1) is 4.35. The van der Waals surface area contributed by atoms with Crippen molar-refractivity contribution in [1.29, 1.82) is 0 Å². The lowest BCUT2D eigenvalue weighted by Crippen LogP contribution is -2.30.